The van der Waals surface area contributed by atoms with Crippen molar-refractivity contribution in [1.29, 1.82) is 0 Å². The smallest absolute Gasteiger partial charge is 0.220 e. The van der Waals surface area contributed by atoms with E-state index in [1.165, 1.54) is 17.4 Å². The first-order chi connectivity index (χ1) is 16.8. The van der Waals surface area contributed by atoms with Crippen molar-refractivity contribution in [3.05, 3.63) is 75.7 Å². The van der Waals surface area contributed by atoms with Gasteiger partial charge in [-0.3, -0.25) is 9.59 Å². The molecule has 0 aliphatic heterocycles. The maximum absolute atomic E-state index is 13.8. The van der Waals surface area contributed by atoms with E-state index in [0.29, 0.717) is 17.2 Å². The van der Waals surface area contributed by atoms with Gasteiger partial charge in [0.05, 0.1) is 10.9 Å². The zero-order valence-corrected chi connectivity index (χ0v) is 21.6. The van der Waals surface area contributed by atoms with Gasteiger partial charge in [0.25, 0.3) is 0 Å². The highest BCUT2D eigenvalue weighted by molar-refractivity contribution is 7.13. The van der Waals surface area contributed by atoms with Crippen LogP contribution in [0.3, 0.4) is 0 Å². The van der Waals surface area contributed by atoms with Crippen LogP contribution in [-0.2, 0) is 11.2 Å². The van der Waals surface area contributed by atoms with Crippen LogP contribution >= 0.6 is 11.3 Å². The van der Waals surface area contributed by atoms with Crippen LogP contribution in [0, 0.1) is 17.6 Å². The number of carbonyl (C=O) groups excluding carboxylic acids is 2. The lowest BCUT2D eigenvalue weighted by Gasteiger charge is -2.32. The number of halogens is 2. The largest absolute Gasteiger partial charge is 0.454 e. The molecule has 1 unspecified atom stereocenters. The Hall–Kier alpha value is -3.13. The minimum absolute atomic E-state index is 0.0402. The molecule has 1 amide bonds. The molecule has 0 bridgehead atoms. The minimum Gasteiger partial charge on any atom is -0.454 e. The topological polar surface area (TPSA) is 59.5 Å². The summed E-state index contributed by atoms with van der Waals surface area (Å²) in [5.74, 6) is -0.910. The molecule has 1 aromatic heterocycles. The van der Waals surface area contributed by atoms with Crippen LogP contribution in [-0.4, -0.2) is 28.6 Å². The number of aldehydes is 1. The van der Waals surface area contributed by atoms with E-state index in [9.17, 15) is 18.4 Å². The Labute approximate surface area is 209 Å². The normalized spacial score (nSPS) is 11.4. The number of aryl methyl sites for hydroxylation is 1. The lowest BCUT2D eigenvalue weighted by atomic mass is 10.0. The maximum Gasteiger partial charge on any atom is 0.220 e. The molecule has 2 aromatic carbocycles. The number of hydrogen-bond donors (Lipinski definition) is 0. The minimum atomic E-state index is -0.761. The Morgan fingerprint density at radius 1 is 1.14 bits per heavy atom. The van der Waals surface area contributed by atoms with Gasteiger partial charge in [0.2, 0.25) is 5.91 Å². The zero-order valence-electron chi connectivity index (χ0n) is 20.8. The molecule has 0 aliphatic rings. The molecule has 188 valence electrons. The maximum atomic E-state index is 13.8. The van der Waals surface area contributed by atoms with Gasteiger partial charge in [-0.05, 0) is 48.6 Å². The van der Waals surface area contributed by atoms with Gasteiger partial charge in [-0.2, -0.15) is 0 Å². The van der Waals surface area contributed by atoms with E-state index in [-0.39, 0.29) is 23.6 Å². The molecule has 0 N–H and O–H groups in total. The first-order valence-corrected chi connectivity index (χ1v) is 12.5. The Bertz CT molecular complexity index is 1100. The number of aromatic nitrogens is 1. The Balaban J connectivity index is 0.00000210. The van der Waals surface area contributed by atoms with E-state index in [4.69, 9.17) is 4.74 Å². The number of carbonyl (C=O) groups is 2. The quantitative estimate of drug-likeness (QED) is 0.274. The van der Waals surface area contributed by atoms with E-state index in [2.05, 4.69) is 4.98 Å². The van der Waals surface area contributed by atoms with Crippen molar-refractivity contribution in [1.82, 2.24) is 9.88 Å². The molecule has 3 aromatic rings. The van der Waals surface area contributed by atoms with Crippen molar-refractivity contribution in [2.24, 2.45) is 5.92 Å². The molecule has 1 heterocycles. The average Bonchev–Trinajstić information content (AvgIpc) is 3.31. The fourth-order valence-electron chi connectivity index (χ4n) is 3.63. The number of hydrogen-bond acceptors (Lipinski definition) is 5. The summed E-state index contributed by atoms with van der Waals surface area (Å²) in [4.78, 5) is 30.2. The summed E-state index contributed by atoms with van der Waals surface area (Å²) in [7, 11) is 0. The summed E-state index contributed by atoms with van der Waals surface area (Å²) in [6.45, 7) is 10.2. The number of benzene rings is 2. The SMILES string of the molecule is CC.CC(=O)N(CCCc1ccc(Oc2ccc(F)cc2F)cc1)C(c1ncc(C=O)s1)C(C)C. The average molecular weight is 503 g/mol. The molecule has 0 radical (unpaired) electrons. The van der Waals surface area contributed by atoms with Crippen LogP contribution < -0.4 is 4.74 Å². The molecular weight excluding hydrogens is 470 g/mol. The zero-order chi connectivity index (χ0) is 26.0. The first-order valence-electron chi connectivity index (χ1n) is 11.7. The Kier molecular flexibility index (Phi) is 11.0. The third kappa shape index (κ3) is 7.96. The predicted molar refractivity (Wildman–Crippen MR) is 135 cm³/mol. The molecule has 0 spiro atoms. The standard InChI is InChI=1S/C25H26F2N2O3S.C2H6/c1-16(2)24(25-28-14-21(15-30)33-25)29(17(3)31)12-4-5-18-6-9-20(10-7-18)32-23-11-8-19(26)13-22(23)27;1-2/h6-11,13-16,24H,4-5,12H2,1-3H3;1-2H3. The first kappa shape index (κ1) is 28.1. The summed E-state index contributed by atoms with van der Waals surface area (Å²) >= 11 is 1.31. The number of nitrogens with zero attached hydrogens (tertiary/aromatic N) is 2. The van der Waals surface area contributed by atoms with Crippen molar-refractivity contribution in [3.63, 3.8) is 0 Å². The Morgan fingerprint density at radius 2 is 1.83 bits per heavy atom. The van der Waals surface area contributed by atoms with E-state index in [0.717, 1.165) is 41.8 Å². The van der Waals surface area contributed by atoms with Gasteiger partial charge in [0, 0.05) is 25.7 Å². The fraction of sp³-hybridized carbons (Fsp3) is 0.370. The summed E-state index contributed by atoms with van der Waals surface area (Å²) in [5.41, 5.74) is 1.05. The van der Waals surface area contributed by atoms with Crippen LogP contribution in [0.2, 0.25) is 0 Å². The second kappa shape index (κ2) is 13.7. The van der Waals surface area contributed by atoms with E-state index in [1.54, 1.807) is 25.3 Å². The molecule has 0 aliphatic carbocycles. The van der Waals surface area contributed by atoms with Gasteiger partial charge in [0.1, 0.15) is 16.6 Å². The van der Waals surface area contributed by atoms with Gasteiger partial charge in [-0.25, -0.2) is 13.8 Å². The van der Waals surface area contributed by atoms with Crippen molar-refractivity contribution in [3.8, 4) is 11.5 Å². The summed E-state index contributed by atoms with van der Waals surface area (Å²) in [5, 5.41) is 0.761. The molecule has 35 heavy (non-hydrogen) atoms. The van der Waals surface area contributed by atoms with Gasteiger partial charge in [0.15, 0.2) is 17.9 Å². The third-order valence-corrected chi connectivity index (χ3v) is 6.19. The molecule has 0 saturated carbocycles. The van der Waals surface area contributed by atoms with Crippen LogP contribution in [0.1, 0.15) is 67.3 Å². The lowest BCUT2D eigenvalue weighted by molar-refractivity contribution is -0.132. The van der Waals surface area contributed by atoms with Gasteiger partial charge in [-0.15, -0.1) is 11.3 Å². The lowest BCUT2D eigenvalue weighted by Crippen LogP contribution is -2.36. The summed E-state index contributed by atoms with van der Waals surface area (Å²) in [6.07, 6.45) is 3.79. The summed E-state index contributed by atoms with van der Waals surface area (Å²) in [6, 6.07) is 10.2. The van der Waals surface area contributed by atoms with Gasteiger partial charge >= 0.3 is 0 Å². The second-order valence-electron chi connectivity index (χ2n) is 8.04. The van der Waals surface area contributed by atoms with Gasteiger partial charge in [-0.1, -0.05) is 39.8 Å². The number of amides is 1. The van der Waals surface area contributed by atoms with Crippen LogP contribution in [0.15, 0.2) is 48.7 Å². The Morgan fingerprint density at radius 3 is 2.37 bits per heavy atom. The van der Waals surface area contributed by atoms with Crippen molar-refractivity contribution in [2.45, 2.75) is 53.5 Å². The van der Waals surface area contributed by atoms with Gasteiger partial charge < -0.3 is 9.64 Å². The van der Waals surface area contributed by atoms with Crippen LogP contribution in [0.5, 0.6) is 11.5 Å². The molecule has 8 heteroatoms. The van der Waals surface area contributed by atoms with Crippen molar-refractivity contribution < 1.29 is 23.1 Å². The van der Waals surface area contributed by atoms with E-state index >= 15 is 0 Å². The number of thiazole rings is 1. The highest BCUT2D eigenvalue weighted by Gasteiger charge is 2.28. The molecule has 0 fully saturated rings. The number of rotatable bonds is 10. The molecule has 1 atom stereocenters. The number of ether oxygens (including phenoxy) is 1. The monoisotopic (exact) mass is 502 g/mol. The van der Waals surface area contributed by atoms with Crippen LogP contribution in [0.25, 0.3) is 0 Å². The molecular formula is C27H32F2N2O3S. The highest BCUT2D eigenvalue weighted by atomic mass is 32.1. The highest BCUT2D eigenvalue weighted by Crippen LogP contribution is 2.32. The molecule has 0 saturated heterocycles. The fourth-order valence-corrected chi connectivity index (χ4v) is 4.65. The van der Waals surface area contributed by atoms with E-state index in [1.807, 2.05) is 44.7 Å². The third-order valence-electron chi connectivity index (χ3n) is 5.19. The predicted octanol–water partition coefficient (Wildman–Crippen LogP) is 7.23. The van der Waals surface area contributed by atoms with Crippen LogP contribution in [0.4, 0.5) is 8.78 Å². The molecule has 3 rings (SSSR count). The molecule has 5 nitrogen and oxygen atoms in total. The van der Waals surface area contributed by atoms with E-state index < -0.39 is 11.6 Å². The van der Waals surface area contributed by atoms with Crippen molar-refractivity contribution in [2.75, 3.05) is 6.54 Å². The summed E-state index contributed by atoms with van der Waals surface area (Å²) < 4.78 is 32.3. The van der Waals surface area contributed by atoms with Crippen molar-refractivity contribution >= 4 is 23.5 Å². The second-order valence-corrected chi connectivity index (χ2v) is 9.14.